The molecule has 1 amide bonds. The monoisotopic (exact) mass is 398 g/mol. The smallest absolute Gasteiger partial charge is 0.246 e. The van der Waals surface area contributed by atoms with Crippen molar-refractivity contribution in [3.63, 3.8) is 0 Å². The highest BCUT2D eigenvalue weighted by molar-refractivity contribution is 6.35. The van der Waals surface area contributed by atoms with Crippen molar-refractivity contribution >= 4 is 40.5 Å². The fraction of sp³-hybridized carbons (Fsp3) is 0.278. The lowest BCUT2D eigenvalue weighted by molar-refractivity contribution is -0.116. The molecule has 0 spiro atoms. The molecule has 0 fully saturated rings. The van der Waals surface area contributed by atoms with Gasteiger partial charge in [0.2, 0.25) is 11.7 Å². The number of hydrogen-bond acceptors (Lipinski definition) is 5. The van der Waals surface area contributed by atoms with E-state index in [0.717, 1.165) is 0 Å². The quantitative estimate of drug-likeness (QED) is 0.720. The Hall–Kier alpha value is -2.31. The molecule has 2 rings (SSSR count). The van der Waals surface area contributed by atoms with Crippen LogP contribution in [0.15, 0.2) is 30.3 Å². The third-order valence-corrected chi connectivity index (χ3v) is 4.19. The number of rotatable bonds is 7. The maximum atomic E-state index is 12.4. The zero-order valence-electron chi connectivity index (χ0n) is 14.9. The first-order valence-corrected chi connectivity index (χ1v) is 8.47. The second-order valence-electron chi connectivity index (χ2n) is 5.39. The van der Waals surface area contributed by atoms with Crippen molar-refractivity contribution in [1.29, 1.82) is 0 Å². The summed E-state index contributed by atoms with van der Waals surface area (Å²) in [6, 6.07) is 7.74. The molecule has 6 nitrogen and oxygen atoms in total. The van der Waals surface area contributed by atoms with Gasteiger partial charge in [-0.1, -0.05) is 23.2 Å². The van der Waals surface area contributed by atoms with E-state index in [9.17, 15) is 4.79 Å². The Morgan fingerprint density at radius 1 is 1.00 bits per heavy atom. The van der Waals surface area contributed by atoms with Crippen molar-refractivity contribution in [2.75, 3.05) is 32.0 Å². The topological polar surface area (TPSA) is 68.8 Å². The van der Waals surface area contributed by atoms with Crippen LogP contribution in [0.3, 0.4) is 0 Å². The highest BCUT2D eigenvalue weighted by Gasteiger charge is 2.18. The molecule has 0 bridgehead atoms. The van der Waals surface area contributed by atoms with E-state index in [1.807, 2.05) is 0 Å². The molecule has 1 atom stereocenters. The van der Waals surface area contributed by atoms with Gasteiger partial charge in [0.15, 0.2) is 11.5 Å². The van der Waals surface area contributed by atoms with Crippen LogP contribution in [-0.4, -0.2) is 33.3 Å². The molecule has 0 radical (unpaired) electrons. The van der Waals surface area contributed by atoms with Crippen molar-refractivity contribution in [1.82, 2.24) is 0 Å². The standard InChI is InChI=1S/C18H20Cl2N2O4/c1-10(18(23)22-14-7-11(19)5-6-13(14)20)21-12-8-15(24-2)17(26-4)16(9-12)25-3/h5-10,21H,1-4H3,(H,22,23)/t10-/m0/s1. The minimum atomic E-state index is -0.562. The van der Waals surface area contributed by atoms with Crippen LogP contribution in [0.2, 0.25) is 10.0 Å². The SMILES string of the molecule is COc1cc(N[C@@H](C)C(=O)Nc2cc(Cl)ccc2Cl)cc(OC)c1OC. The van der Waals surface area contributed by atoms with Gasteiger partial charge in [-0.2, -0.15) is 0 Å². The average Bonchev–Trinajstić information content (AvgIpc) is 2.63. The van der Waals surface area contributed by atoms with Crippen LogP contribution in [0, 0.1) is 0 Å². The minimum Gasteiger partial charge on any atom is -0.493 e. The Kier molecular flexibility index (Phi) is 6.83. The van der Waals surface area contributed by atoms with Crippen LogP contribution in [-0.2, 0) is 4.79 Å². The van der Waals surface area contributed by atoms with Crippen LogP contribution >= 0.6 is 23.2 Å². The predicted molar refractivity (Wildman–Crippen MR) is 104 cm³/mol. The molecule has 2 N–H and O–H groups in total. The van der Waals surface area contributed by atoms with Gasteiger partial charge in [0.05, 0.1) is 32.0 Å². The lowest BCUT2D eigenvalue weighted by Gasteiger charge is -2.19. The molecule has 2 aromatic carbocycles. The van der Waals surface area contributed by atoms with E-state index >= 15 is 0 Å². The van der Waals surface area contributed by atoms with Gasteiger partial charge in [0.1, 0.15) is 6.04 Å². The largest absolute Gasteiger partial charge is 0.493 e. The normalized spacial score (nSPS) is 11.5. The number of carbonyl (C=O) groups excluding carboxylic acids is 1. The van der Waals surface area contributed by atoms with E-state index in [1.165, 1.54) is 21.3 Å². The number of amides is 1. The average molecular weight is 399 g/mol. The lowest BCUT2D eigenvalue weighted by atomic mass is 10.2. The summed E-state index contributed by atoms with van der Waals surface area (Å²) in [4.78, 5) is 12.4. The molecule has 8 heteroatoms. The van der Waals surface area contributed by atoms with E-state index in [2.05, 4.69) is 10.6 Å². The third kappa shape index (κ3) is 4.65. The maximum absolute atomic E-state index is 12.4. The van der Waals surface area contributed by atoms with E-state index in [0.29, 0.717) is 38.7 Å². The molecule has 0 unspecified atom stereocenters. The molecule has 0 aliphatic heterocycles. The number of halogens is 2. The van der Waals surface area contributed by atoms with Crippen molar-refractivity contribution in [2.45, 2.75) is 13.0 Å². The highest BCUT2D eigenvalue weighted by atomic mass is 35.5. The lowest BCUT2D eigenvalue weighted by Crippen LogP contribution is -2.32. The number of ether oxygens (including phenoxy) is 3. The zero-order chi connectivity index (χ0) is 19.3. The van der Waals surface area contributed by atoms with Gasteiger partial charge in [-0.05, 0) is 25.1 Å². The number of benzene rings is 2. The number of hydrogen-bond donors (Lipinski definition) is 2. The molecule has 26 heavy (non-hydrogen) atoms. The summed E-state index contributed by atoms with van der Waals surface area (Å²) in [6.07, 6.45) is 0. The van der Waals surface area contributed by atoms with Crippen LogP contribution in [0.25, 0.3) is 0 Å². The van der Waals surface area contributed by atoms with Crippen LogP contribution < -0.4 is 24.8 Å². The summed E-state index contributed by atoms with van der Waals surface area (Å²) in [5, 5.41) is 6.73. The fourth-order valence-corrected chi connectivity index (χ4v) is 2.65. The third-order valence-electron chi connectivity index (χ3n) is 3.63. The number of carbonyl (C=O) groups is 1. The Morgan fingerprint density at radius 3 is 2.15 bits per heavy atom. The summed E-state index contributed by atoms with van der Waals surface area (Å²) in [5.41, 5.74) is 1.09. The first kappa shape index (κ1) is 20.0. The molecule has 0 heterocycles. The number of nitrogens with one attached hydrogen (secondary N) is 2. The van der Waals surface area contributed by atoms with E-state index in [-0.39, 0.29) is 5.91 Å². The first-order chi connectivity index (χ1) is 12.4. The zero-order valence-corrected chi connectivity index (χ0v) is 16.4. The van der Waals surface area contributed by atoms with Gasteiger partial charge in [-0.3, -0.25) is 4.79 Å². The molecule has 0 aromatic heterocycles. The van der Waals surface area contributed by atoms with Crippen molar-refractivity contribution in [3.8, 4) is 17.2 Å². The van der Waals surface area contributed by atoms with Crippen molar-refractivity contribution < 1.29 is 19.0 Å². The van der Waals surface area contributed by atoms with Gasteiger partial charge in [-0.25, -0.2) is 0 Å². The Balaban J connectivity index is 2.17. The molecule has 0 aliphatic rings. The van der Waals surface area contributed by atoms with Crippen molar-refractivity contribution in [3.05, 3.63) is 40.4 Å². The second-order valence-corrected chi connectivity index (χ2v) is 6.24. The summed E-state index contributed by atoms with van der Waals surface area (Å²) in [6.45, 7) is 1.72. The number of anilines is 2. The van der Waals surface area contributed by atoms with Gasteiger partial charge in [0.25, 0.3) is 0 Å². The summed E-state index contributed by atoms with van der Waals surface area (Å²) in [5.74, 6) is 1.17. The Labute approximate surface area is 162 Å². The van der Waals surface area contributed by atoms with Crippen LogP contribution in [0.5, 0.6) is 17.2 Å². The van der Waals surface area contributed by atoms with E-state index in [1.54, 1.807) is 37.3 Å². The molecular weight excluding hydrogens is 379 g/mol. The van der Waals surface area contributed by atoms with Gasteiger partial charge in [-0.15, -0.1) is 0 Å². The van der Waals surface area contributed by atoms with Gasteiger partial charge in [0, 0.05) is 22.8 Å². The van der Waals surface area contributed by atoms with Gasteiger partial charge < -0.3 is 24.8 Å². The summed E-state index contributed by atoms with van der Waals surface area (Å²) >= 11 is 12.0. The molecule has 2 aromatic rings. The molecular formula is C18H20Cl2N2O4. The Bertz CT molecular complexity index is 774. The maximum Gasteiger partial charge on any atom is 0.246 e. The summed E-state index contributed by atoms with van der Waals surface area (Å²) < 4.78 is 15.9. The second kappa shape index (κ2) is 8.87. The first-order valence-electron chi connectivity index (χ1n) is 7.72. The molecule has 140 valence electrons. The van der Waals surface area contributed by atoms with Crippen LogP contribution in [0.1, 0.15) is 6.92 Å². The van der Waals surface area contributed by atoms with Crippen molar-refractivity contribution in [2.24, 2.45) is 0 Å². The van der Waals surface area contributed by atoms with Crippen LogP contribution in [0.4, 0.5) is 11.4 Å². The highest BCUT2D eigenvalue weighted by Crippen LogP contribution is 2.40. The van der Waals surface area contributed by atoms with Gasteiger partial charge >= 0.3 is 0 Å². The predicted octanol–water partition coefficient (Wildman–Crippen LogP) is 4.46. The minimum absolute atomic E-state index is 0.275. The molecule has 0 aliphatic carbocycles. The van der Waals surface area contributed by atoms with E-state index < -0.39 is 6.04 Å². The molecule has 0 saturated carbocycles. The molecule has 0 saturated heterocycles. The number of methoxy groups -OCH3 is 3. The Morgan fingerprint density at radius 2 is 1.62 bits per heavy atom. The summed E-state index contributed by atoms with van der Waals surface area (Å²) in [7, 11) is 4.58. The fourth-order valence-electron chi connectivity index (χ4n) is 2.31. The van der Waals surface area contributed by atoms with E-state index in [4.69, 9.17) is 37.4 Å².